The molecule has 0 aromatic carbocycles. The van der Waals surface area contributed by atoms with E-state index in [0.717, 1.165) is 19.4 Å². The molecule has 0 saturated carbocycles. The quantitative estimate of drug-likeness (QED) is 0.796. The summed E-state index contributed by atoms with van der Waals surface area (Å²) in [7, 11) is 3.84. The summed E-state index contributed by atoms with van der Waals surface area (Å²) in [4.78, 5) is 15.5. The summed E-state index contributed by atoms with van der Waals surface area (Å²) in [6.45, 7) is 0.0322. The number of carbonyl (C=O) groups excluding carboxylic acids is 1. The second-order valence-corrected chi connectivity index (χ2v) is 4.86. The third-order valence-corrected chi connectivity index (χ3v) is 2.88. The Morgan fingerprint density at radius 3 is 2.67 bits per heavy atom. The molecule has 1 aliphatic heterocycles. The molecule has 1 atom stereocenters. The van der Waals surface area contributed by atoms with Crippen molar-refractivity contribution in [2.45, 2.75) is 25.1 Å². The largest absolute Gasteiger partial charge is 0.401 e. The third kappa shape index (κ3) is 5.22. The normalized spacial score (nSPS) is 20.8. The van der Waals surface area contributed by atoms with Crippen LogP contribution in [0.5, 0.6) is 0 Å². The lowest BCUT2D eigenvalue weighted by Gasteiger charge is -2.27. The van der Waals surface area contributed by atoms with Crippen molar-refractivity contribution in [3.63, 3.8) is 0 Å². The van der Waals surface area contributed by atoms with Gasteiger partial charge in [0.25, 0.3) is 0 Å². The number of likely N-dealkylation sites (tertiary alicyclic amines) is 1. The van der Waals surface area contributed by atoms with Crippen LogP contribution in [0.25, 0.3) is 0 Å². The van der Waals surface area contributed by atoms with Crippen LogP contribution in [-0.4, -0.2) is 68.2 Å². The molecule has 0 spiro atoms. The van der Waals surface area contributed by atoms with Crippen LogP contribution in [0, 0.1) is 0 Å². The standard InChI is InChI=1S/C11H20F3N3O/c1-16(2)7-9-4-3-5-17(9)10(18)6-15-8-11(12,13)14/h9,15H,3-8H2,1-2H3. The predicted octanol–water partition coefficient (Wildman–Crippen LogP) is 0.691. The lowest BCUT2D eigenvalue weighted by molar-refractivity contribution is -0.135. The summed E-state index contributed by atoms with van der Waals surface area (Å²) in [6.07, 6.45) is -2.43. The van der Waals surface area contributed by atoms with Gasteiger partial charge in [-0.1, -0.05) is 0 Å². The molecule has 1 N–H and O–H groups in total. The molecule has 0 aliphatic carbocycles. The second-order valence-electron chi connectivity index (χ2n) is 4.86. The Balaban J connectivity index is 2.36. The minimum absolute atomic E-state index is 0.125. The highest BCUT2D eigenvalue weighted by Crippen LogP contribution is 2.18. The van der Waals surface area contributed by atoms with Crippen molar-refractivity contribution < 1.29 is 18.0 Å². The Bertz CT molecular complexity index is 281. The Labute approximate surface area is 105 Å². The maximum Gasteiger partial charge on any atom is 0.401 e. The van der Waals surface area contributed by atoms with Crippen molar-refractivity contribution in [2.24, 2.45) is 0 Å². The van der Waals surface area contributed by atoms with Crippen LogP contribution in [0.3, 0.4) is 0 Å². The molecule has 106 valence electrons. The third-order valence-electron chi connectivity index (χ3n) is 2.88. The van der Waals surface area contributed by atoms with Crippen molar-refractivity contribution in [3.05, 3.63) is 0 Å². The van der Waals surface area contributed by atoms with E-state index in [1.807, 2.05) is 19.0 Å². The first-order chi connectivity index (χ1) is 8.29. The number of amides is 1. The summed E-state index contributed by atoms with van der Waals surface area (Å²) >= 11 is 0. The van der Waals surface area contributed by atoms with Gasteiger partial charge in [0.05, 0.1) is 13.1 Å². The summed E-state index contributed by atoms with van der Waals surface area (Å²) in [5.74, 6) is -0.247. The highest BCUT2D eigenvalue weighted by atomic mass is 19.4. The molecule has 18 heavy (non-hydrogen) atoms. The molecule has 7 heteroatoms. The van der Waals surface area contributed by atoms with Crippen molar-refractivity contribution in [1.82, 2.24) is 15.1 Å². The number of nitrogens with zero attached hydrogens (tertiary/aromatic N) is 2. The zero-order valence-electron chi connectivity index (χ0n) is 10.8. The summed E-state index contributed by atoms with van der Waals surface area (Å²) in [5, 5.41) is 2.15. The number of halogens is 3. The molecule has 4 nitrogen and oxygen atoms in total. The molecule has 1 saturated heterocycles. The Hall–Kier alpha value is -0.820. The number of hydrogen-bond acceptors (Lipinski definition) is 3. The van der Waals surface area contributed by atoms with Gasteiger partial charge in [0, 0.05) is 19.1 Å². The molecule has 0 aromatic rings. The fraction of sp³-hybridized carbons (Fsp3) is 0.909. The first kappa shape index (κ1) is 15.2. The molecule has 0 aromatic heterocycles. The molecule has 1 heterocycles. The molecule has 0 bridgehead atoms. The first-order valence-corrected chi connectivity index (χ1v) is 6.01. The van der Waals surface area contributed by atoms with E-state index in [1.54, 1.807) is 4.90 Å². The molecular formula is C11H20F3N3O. The molecule has 0 radical (unpaired) electrons. The lowest BCUT2D eigenvalue weighted by atomic mass is 10.2. The number of likely N-dealkylation sites (N-methyl/N-ethyl adjacent to an activating group) is 1. The van der Waals surface area contributed by atoms with E-state index in [4.69, 9.17) is 0 Å². The first-order valence-electron chi connectivity index (χ1n) is 6.01. The maximum atomic E-state index is 11.9. The SMILES string of the molecule is CN(C)CC1CCCN1C(=O)CNCC(F)(F)F. The number of carbonyl (C=O) groups is 1. The second kappa shape index (κ2) is 6.38. The Kier molecular flexibility index (Phi) is 5.40. The molecule has 1 aliphatic rings. The van der Waals surface area contributed by atoms with Crippen LogP contribution >= 0.6 is 0 Å². The van der Waals surface area contributed by atoms with Crippen molar-refractivity contribution in [1.29, 1.82) is 0 Å². The zero-order chi connectivity index (χ0) is 13.8. The number of hydrogen-bond donors (Lipinski definition) is 1. The molecule has 1 fully saturated rings. The summed E-state index contributed by atoms with van der Waals surface area (Å²) in [5.41, 5.74) is 0. The van der Waals surface area contributed by atoms with Gasteiger partial charge in [-0.15, -0.1) is 0 Å². The van der Waals surface area contributed by atoms with Gasteiger partial charge in [0.15, 0.2) is 0 Å². The number of rotatable bonds is 5. The average Bonchev–Trinajstić information content (AvgIpc) is 2.62. The maximum absolute atomic E-state index is 11.9. The summed E-state index contributed by atoms with van der Waals surface area (Å²) < 4.78 is 35.8. The van der Waals surface area contributed by atoms with Gasteiger partial charge in [-0.05, 0) is 26.9 Å². The lowest BCUT2D eigenvalue weighted by Crippen LogP contribution is -2.46. The van der Waals surface area contributed by atoms with Crippen LogP contribution in [-0.2, 0) is 4.79 Å². The van der Waals surface area contributed by atoms with E-state index < -0.39 is 12.7 Å². The molecule has 1 rings (SSSR count). The molecular weight excluding hydrogens is 247 g/mol. The van der Waals surface area contributed by atoms with Crippen molar-refractivity contribution >= 4 is 5.91 Å². The number of nitrogens with one attached hydrogen (secondary N) is 1. The van der Waals surface area contributed by atoms with E-state index in [9.17, 15) is 18.0 Å². The molecule has 1 unspecified atom stereocenters. The predicted molar refractivity (Wildman–Crippen MR) is 62.2 cm³/mol. The van der Waals surface area contributed by atoms with Gasteiger partial charge < -0.3 is 15.1 Å². The fourth-order valence-electron chi connectivity index (χ4n) is 2.19. The monoisotopic (exact) mass is 267 g/mol. The molecule has 1 amide bonds. The van der Waals surface area contributed by atoms with Crippen LogP contribution < -0.4 is 5.32 Å². The van der Waals surface area contributed by atoms with E-state index in [1.165, 1.54) is 0 Å². The Morgan fingerprint density at radius 2 is 2.11 bits per heavy atom. The van der Waals surface area contributed by atoms with Crippen molar-refractivity contribution in [2.75, 3.05) is 40.3 Å². The van der Waals surface area contributed by atoms with Crippen LogP contribution in [0.4, 0.5) is 13.2 Å². The minimum Gasteiger partial charge on any atom is -0.337 e. The smallest absolute Gasteiger partial charge is 0.337 e. The van der Waals surface area contributed by atoms with E-state index in [2.05, 4.69) is 5.32 Å². The van der Waals surface area contributed by atoms with E-state index in [0.29, 0.717) is 6.54 Å². The van der Waals surface area contributed by atoms with Crippen LogP contribution in [0.2, 0.25) is 0 Å². The topological polar surface area (TPSA) is 35.6 Å². The van der Waals surface area contributed by atoms with Gasteiger partial charge in [0.1, 0.15) is 0 Å². The highest BCUT2D eigenvalue weighted by molar-refractivity contribution is 5.78. The van der Waals surface area contributed by atoms with Gasteiger partial charge in [-0.3, -0.25) is 4.79 Å². The summed E-state index contributed by atoms with van der Waals surface area (Å²) in [6, 6.07) is 0.125. The van der Waals surface area contributed by atoms with E-state index >= 15 is 0 Å². The van der Waals surface area contributed by atoms with E-state index in [-0.39, 0.29) is 18.5 Å². The van der Waals surface area contributed by atoms with Crippen LogP contribution in [0.15, 0.2) is 0 Å². The van der Waals surface area contributed by atoms with Crippen LogP contribution in [0.1, 0.15) is 12.8 Å². The van der Waals surface area contributed by atoms with Gasteiger partial charge in [-0.25, -0.2) is 0 Å². The average molecular weight is 267 g/mol. The zero-order valence-corrected chi connectivity index (χ0v) is 10.8. The Morgan fingerprint density at radius 1 is 1.44 bits per heavy atom. The van der Waals surface area contributed by atoms with Crippen molar-refractivity contribution in [3.8, 4) is 0 Å². The minimum atomic E-state index is -4.27. The van der Waals surface area contributed by atoms with Gasteiger partial charge >= 0.3 is 6.18 Å². The van der Waals surface area contributed by atoms with Gasteiger partial charge in [-0.2, -0.15) is 13.2 Å². The number of alkyl halides is 3. The highest BCUT2D eigenvalue weighted by Gasteiger charge is 2.30. The fourth-order valence-corrected chi connectivity index (χ4v) is 2.19. The van der Waals surface area contributed by atoms with Gasteiger partial charge in [0.2, 0.25) is 5.91 Å².